The molecule has 0 radical (unpaired) electrons. The van der Waals surface area contributed by atoms with Gasteiger partial charge in [-0.15, -0.1) is 0 Å². The fourth-order valence-electron chi connectivity index (χ4n) is 1.12. The van der Waals surface area contributed by atoms with Gasteiger partial charge in [0.05, 0.1) is 7.11 Å². The van der Waals surface area contributed by atoms with E-state index in [1.807, 2.05) is 0 Å². The van der Waals surface area contributed by atoms with Gasteiger partial charge in [0, 0.05) is 23.9 Å². The molecule has 0 aliphatic rings. The Kier molecular flexibility index (Phi) is 3.60. The summed E-state index contributed by atoms with van der Waals surface area (Å²) in [6, 6.07) is 0. The highest BCUT2D eigenvalue weighted by Crippen LogP contribution is 2.33. The molecule has 14 heavy (non-hydrogen) atoms. The first-order valence-corrected chi connectivity index (χ1v) is 4.19. The fourth-order valence-corrected chi connectivity index (χ4v) is 1.36. The van der Waals surface area contributed by atoms with Crippen LogP contribution in [0.3, 0.4) is 0 Å². The van der Waals surface area contributed by atoms with Gasteiger partial charge in [0.15, 0.2) is 10.9 Å². The zero-order chi connectivity index (χ0) is 10.7. The van der Waals surface area contributed by atoms with Crippen LogP contribution >= 0.6 is 11.6 Å². The summed E-state index contributed by atoms with van der Waals surface area (Å²) in [5, 5.41) is 0.0392. The lowest BCUT2D eigenvalue weighted by Gasteiger charge is -2.12. The third-order valence-corrected chi connectivity index (χ3v) is 2.04. The van der Waals surface area contributed by atoms with E-state index in [0.29, 0.717) is 0 Å². The van der Waals surface area contributed by atoms with Crippen LogP contribution in [0.5, 0.6) is 5.75 Å². The lowest BCUT2D eigenvalue weighted by Crippen LogP contribution is -2.06. The van der Waals surface area contributed by atoms with E-state index < -0.39 is 6.43 Å². The third-order valence-electron chi connectivity index (χ3n) is 1.77. The monoisotopic (exact) mass is 222 g/mol. The van der Waals surface area contributed by atoms with E-state index in [0.717, 1.165) is 6.20 Å². The predicted molar refractivity (Wildman–Crippen MR) is 48.6 cm³/mol. The van der Waals surface area contributed by atoms with E-state index in [4.69, 9.17) is 22.1 Å². The number of hydrogen-bond donors (Lipinski definition) is 1. The molecule has 0 saturated carbocycles. The quantitative estimate of drug-likeness (QED) is 0.798. The molecule has 78 valence electrons. The van der Waals surface area contributed by atoms with Crippen molar-refractivity contribution in [1.82, 2.24) is 4.98 Å². The van der Waals surface area contributed by atoms with Crippen molar-refractivity contribution in [2.75, 3.05) is 7.11 Å². The van der Waals surface area contributed by atoms with Gasteiger partial charge in [-0.3, -0.25) is 0 Å². The summed E-state index contributed by atoms with van der Waals surface area (Å²) < 4.78 is 29.8. The van der Waals surface area contributed by atoms with Crippen molar-refractivity contribution >= 4 is 11.6 Å². The Labute approximate surface area is 84.8 Å². The molecular weight excluding hydrogens is 214 g/mol. The molecule has 1 heterocycles. The van der Waals surface area contributed by atoms with E-state index in [1.165, 1.54) is 7.11 Å². The second-order valence-electron chi connectivity index (χ2n) is 2.52. The first kappa shape index (κ1) is 11.1. The normalized spacial score (nSPS) is 10.7. The molecule has 2 N–H and O–H groups in total. The molecule has 1 aromatic heterocycles. The van der Waals surface area contributed by atoms with Gasteiger partial charge in [-0.05, 0) is 0 Å². The maximum Gasteiger partial charge on any atom is 0.265 e. The Morgan fingerprint density at radius 2 is 2.29 bits per heavy atom. The molecule has 0 unspecified atom stereocenters. The summed E-state index contributed by atoms with van der Waals surface area (Å²) in [6.45, 7) is -0.0644. The topological polar surface area (TPSA) is 48.1 Å². The first-order valence-electron chi connectivity index (χ1n) is 3.81. The molecule has 0 atom stereocenters. The Morgan fingerprint density at radius 1 is 1.64 bits per heavy atom. The number of pyridine rings is 1. The second-order valence-corrected chi connectivity index (χ2v) is 2.88. The summed E-state index contributed by atoms with van der Waals surface area (Å²) in [7, 11) is 1.33. The summed E-state index contributed by atoms with van der Waals surface area (Å²) in [5.74, 6) is 0.118. The standard InChI is InChI=1S/C8H9ClF2N2O/c1-14-6-4(2-12)5(8(10)11)3-13-7(6)9/h3,8H,2,12H2,1H3. The van der Waals surface area contributed by atoms with E-state index in [9.17, 15) is 8.78 Å². The lowest BCUT2D eigenvalue weighted by molar-refractivity contribution is 0.149. The van der Waals surface area contributed by atoms with Gasteiger partial charge < -0.3 is 10.5 Å². The van der Waals surface area contributed by atoms with E-state index in [2.05, 4.69) is 4.98 Å². The van der Waals surface area contributed by atoms with Gasteiger partial charge in [0.2, 0.25) is 0 Å². The van der Waals surface area contributed by atoms with Crippen molar-refractivity contribution in [1.29, 1.82) is 0 Å². The van der Waals surface area contributed by atoms with Gasteiger partial charge in [0.25, 0.3) is 6.43 Å². The Morgan fingerprint density at radius 3 is 2.71 bits per heavy atom. The number of alkyl halides is 2. The molecule has 3 nitrogen and oxygen atoms in total. The molecule has 0 fully saturated rings. The van der Waals surface area contributed by atoms with Gasteiger partial charge in [-0.2, -0.15) is 0 Å². The Balaban J connectivity index is 3.33. The van der Waals surface area contributed by atoms with Crippen LogP contribution in [-0.4, -0.2) is 12.1 Å². The first-order chi connectivity index (χ1) is 6.61. The van der Waals surface area contributed by atoms with Crippen LogP contribution in [0.1, 0.15) is 17.6 Å². The average molecular weight is 223 g/mol. The Hall–Kier alpha value is -0.940. The highest BCUT2D eigenvalue weighted by atomic mass is 35.5. The van der Waals surface area contributed by atoms with Crippen LogP contribution in [0.2, 0.25) is 5.15 Å². The van der Waals surface area contributed by atoms with E-state index >= 15 is 0 Å². The minimum absolute atomic E-state index is 0.0392. The lowest BCUT2D eigenvalue weighted by atomic mass is 10.1. The molecule has 0 amide bonds. The highest BCUT2D eigenvalue weighted by Gasteiger charge is 2.19. The molecule has 0 saturated heterocycles. The van der Waals surface area contributed by atoms with Gasteiger partial charge >= 0.3 is 0 Å². The van der Waals surface area contributed by atoms with Gasteiger partial charge in [-0.25, -0.2) is 13.8 Å². The molecule has 0 spiro atoms. The van der Waals surface area contributed by atoms with Gasteiger partial charge in [-0.1, -0.05) is 11.6 Å². The number of hydrogen-bond acceptors (Lipinski definition) is 3. The minimum atomic E-state index is -2.63. The average Bonchev–Trinajstić information content (AvgIpc) is 2.16. The molecule has 0 aliphatic heterocycles. The van der Waals surface area contributed by atoms with Gasteiger partial charge in [0.1, 0.15) is 0 Å². The van der Waals surface area contributed by atoms with Crippen molar-refractivity contribution in [3.63, 3.8) is 0 Å². The van der Waals surface area contributed by atoms with Crippen molar-refractivity contribution in [3.05, 3.63) is 22.5 Å². The fraction of sp³-hybridized carbons (Fsp3) is 0.375. The minimum Gasteiger partial charge on any atom is -0.493 e. The molecule has 6 heteroatoms. The van der Waals surface area contributed by atoms with E-state index in [-0.39, 0.29) is 28.6 Å². The number of nitrogens with zero attached hydrogens (tertiary/aromatic N) is 1. The Bertz CT molecular complexity index is 333. The van der Waals surface area contributed by atoms with Crippen LogP contribution in [0, 0.1) is 0 Å². The van der Waals surface area contributed by atoms with Crippen LogP contribution in [-0.2, 0) is 6.54 Å². The molecule has 1 aromatic rings. The van der Waals surface area contributed by atoms with Crippen LogP contribution in [0.15, 0.2) is 6.20 Å². The van der Waals surface area contributed by atoms with Crippen molar-refractivity contribution in [2.24, 2.45) is 5.73 Å². The predicted octanol–water partition coefficient (Wildman–Crippen LogP) is 2.14. The molecular formula is C8H9ClF2N2O. The van der Waals surface area contributed by atoms with E-state index in [1.54, 1.807) is 0 Å². The number of ether oxygens (including phenoxy) is 1. The summed E-state index contributed by atoms with van der Waals surface area (Å²) in [5.41, 5.74) is 5.29. The van der Waals surface area contributed by atoms with Crippen LogP contribution in [0.25, 0.3) is 0 Å². The number of methoxy groups -OCH3 is 1. The molecule has 0 aliphatic carbocycles. The van der Waals surface area contributed by atoms with Crippen molar-refractivity contribution in [2.45, 2.75) is 13.0 Å². The summed E-state index contributed by atoms with van der Waals surface area (Å²) >= 11 is 5.65. The smallest absolute Gasteiger partial charge is 0.265 e. The third kappa shape index (κ3) is 1.93. The van der Waals surface area contributed by atoms with Crippen molar-refractivity contribution < 1.29 is 13.5 Å². The van der Waals surface area contributed by atoms with Crippen LogP contribution in [0.4, 0.5) is 8.78 Å². The summed E-state index contributed by atoms with van der Waals surface area (Å²) in [4.78, 5) is 3.58. The zero-order valence-corrected chi connectivity index (χ0v) is 8.18. The maximum absolute atomic E-state index is 12.5. The number of aromatic nitrogens is 1. The van der Waals surface area contributed by atoms with Crippen molar-refractivity contribution in [3.8, 4) is 5.75 Å². The molecule has 1 rings (SSSR count). The maximum atomic E-state index is 12.5. The number of nitrogens with two attached hydrogens (primary N) is 1. The second kappa shape index (κ2) is 4.52. The van der Waals surface area contributed by atoms with Crippen LogP contribution < -0.4 is 10.5 Å². The number of halogens is 3. The SMILES string of the molecule is COc1c(Cl)ncc(C(F)F)c1CN. The zero-order valence-electron chi connectivity index (χ0n) is 7.43. The highest BCUT2D eigenvalue weighted by molar-refractivity contribution is 6.30. The summed E-state index contributed by atoms with van der Waals surface area (Å²) in [6.07, 6.45) is -1.62. The molecule has 0 bridgehead atoms. The number of rotatable bonds is 3. The largest absolute Gasteiger partial charge is 0.493 e. The molecule has 0 aromatic carbocycles.